The zero-order valence-electron chi connectivity index (χ0n) is 28.3. The molecule has 0 radical (unpaired) electrons. The van der Waals surface area contributed by atoms with Crippen LogP contribution in [0.2, 0.25) is 0 Å². The molecule has 2 aliphatic carbocycles. The minimum atomic E-state index is -0.443. The SMILES string of the molecule is c1ccc(-c2cc(-c3ccc(-c4ccc5c(c4)-c4oc6ccccc6c4C54c5ccccc5-c5ccccc54)cc3)cc(-c3ccccc3)n2)cc1. The van der Waals surface area contributed by atoms with Crippen LogP contribution >= 0.6 is 0 Å². The number of hydrogen-bond acceptors (Lipinski definition) is 2. The summed E-state index contributed by atoms with van der Waals surface area (Å²) in [5, 5.41) is 1.17. The molecule has 9 aromatic rings. The van der Waals surface area contributed by atoms with Crippen molar-refractivity contribution in [2.75, 3.05) is 0 Å². The molecule has 1 spiro atoms. The Morgan fingerprint density at radius 2 is 0.865 bits per heavy atom. The number of aromatic nitrogens is 1. The molecule has 11 rings (SSSR count). The third-order valence-electron chi connectivity index (χ3n) is 11.1. The maximum Gasteiger partial charge on any atom is 0.140 e. The first-order valence-electron chi connectivity index (χ1n) is 17.9. The molecular formula is C50H31NO. The van der Waals surface area contributed by atoms with Crippen molar-refractivity contribution in [3.63, 3.8) is 0 Å². The molecule has 2 aliphatic rings. The Kier molecular flexibility index (Phi) is 6.20. The number of para-hydroxylation sites is 1. The highest BCUT2D eigenvalue weighted by molar-refractivity contribution is 6.02. The summed E-state index contributed by atoms with van der Waals surface area (Å²) < 4.78 is 6.81. The van der Waals surface area contributed by atoms with Gasteiger partial charge in [0.15, 0.2) is 0 Å². The molecule has 242 valence electrons. The van der Waals surface area contributed by atoms with Crippen molar-refractivity contribution in [3.05, 3.63) is 210 Å². The quantitative estimate of drug-likeness (QED) is 0.188. The average molecular weight is 662 g/mol. The molecule has 0 bridgehead atoms. The summed E-state index contributed by atoms with van der Waals surface area (Å²) in [6, 6.07) is 67.5. The Labute approximate surface area is 302 Å². The number of pyridine rings is 1. The van der Waals surface area contributed by atoms with E-state index >= 15 is 0 Å². The van der Waals surface area contributed by atoms with Gasteiger partial charge >= 0.3 is 0 Å². The first-order chi connectivity index (χ1) is 25.8. The number of nitrogens with zero attached hydrogens (tertiary/aromatic N) is 1. The highest BCUT2D eigenvalue weighted by atomic mass is 16.3. The van der Waals surface area contributed by atoms with Crippen LogP contribution in [-0.4, -0.2) is 4.98 Å². The standard InChI is InChI=1S/C50H31NO/c1-3-13-34(14-4-1)45-30-37(31-46(51-45)35-15-5-2-6-16-35)33-25-23-32(24-26-33)36-27-28-44-41(29-36)49-48(40-19-9-12-22-47(40)52-49)50(44)42-20-10-7-17-38(42)39-18-8-11-21-43(39)50/h1-31H. The number of rotatable bonds is 4. The van der Waals surface area contributed by atoms with Crippen molar-refractivity contribution in [1.29, 1.82) is 0 Å². The number of furan rings is 1. The summed E-state index contributed by atoms with van der Waals surface area (Å²) >= 11 is 0. The van der Waals surface area contributed by atoms with E-state index in [-0.39, 0.29) is 0 Å². The lowest BCUT2D eigenvalue weighted by atomic mass is 9.70. The van der Waals surface area contributed by atoms with Gasteiger partial charge in [-0.25, -0.2) is 4.98 Å². The fourth-order valence-electron chi connectivity index (χ4n) is 8.84. The maximum absolute atomic E-state index is 6.81. The highest BCUT2D eigenvalue weighted by Crippen LogP contribution is 2.65. The lowest BCUT2D eigenvalue weighted by Crippen LogP contribution is -2.25. The third kappa shape index (κ3) is 4.09. The first kappa shape index (κ1) is 29.0. The topological polar surface area (TPSA) is 26.0 Å². The summed E-state index contributed by atoms with van der Waals surface area (Å²) in [5.74, 6) is 0.972. The van der Waals surface area contributed by atoms with Crippen LogP contribution in [-0.2, 0) is 5.41 Å². The van der Waals surface area contributed by atoms with Gasteiger partial charge in [-0.2, -0.15) is 0 Å². The zero-order valence-corrected chi connectivity index (χ0v) is 28.3. The number of fused-ring (bicyclic) bond motifs is 12. The molecule has 2 heteroatoms. The normalized spacial score (nSPS) is 13.2. The number of hydrogen-bond donors (Lipinski definition) is 0. The largest absolute Gasteiger partial charge is 0.456 e. The van der Waals surface area contributed by atoms with E-state index in [1.54, 1.807) is 0 Å². The lowest BCUT2D eigenvalue weighted by molar-refractivity contribution is 0.628. The molecule has 2 nitrogen and oxygen atoms in total. The van der Waals surface area contributed by atoms with Gasteiger partial charge < -0.3 is 4.42 Å². The zero-order chi connectivity index (χ0) is 34.2. The number of benzene rings is 7. The molecule has 0 saturated carbocycles. The van der Waals surface area contributed by atoms with Gasteiger partial charge in [0.25, 0.3) is 0 Å². The van der Waals surface area contributed by atoms with Gasteiger partial charge in [-0.05, 0) is 74.3 Å². The fraction of sp³-hybridized carbons (Fsp3) is 0.0200. The van der Waals surface area contributed by atoms with Gasteiger partial charge in [0.2, 0.25) is 0 Å². The molecule has 0 unspecified atom stereocenters. The van der Waals surface area contributed by atoms with Crippen molar-refractivity contribution < 1.29 is 4.42 Å². The second-order valence-electron chi connectivity index (χ2n) is 13.8. The van der Waals surface area contributed by atoms with Crippen molar-refractivity contribution in [1.82, 2.24) is 4.98 Å². The van der Waals surface area contributed by atoms with E-state index in [0.29, 0.717) is 0 Å². The van der Waals surface area contributed by atoms with Crippen LogP contribution in [0.4, 0.5) is 0 Å². The van der Waals surface area contributed by atoms with Gasteiger partial charge in [-0.15, -0.1) is 0 Å². The van der Waals surface area contributed by atoms with Crippen LogP contribution in [0.5, 0.6) is 0 Å². The van der Waals surface area contributed by atoms with Crippen LogP contribution in [0.25, 0.3) is 78.2 Å². The monoisotopic (exact) mass is 661 g/mol. The molecule has 0 amide bonds. The van der Waals surface area contributed by atoms with Crippen molar-refractivity contribution in [2.45, 2.75) is 5.41 Å². The Balaban J connectivity index is 1.06. The van der Waals surface area contributed by atoms with E-state index in [9.17, 15) is 0 Å². The van der Waals surface area contributed by atoms with E-state index in [0.717, 1.165) is 61.7 Å². The highest BCUT2D eigenvalue weighted by Gasteiger charge is 2.54. The second-order valence-corrected chi connectivity index (χ2v) is 13.8. The van der Waals surface area contributed by atoms with Gasteiger partial charge in [0.1, 0.15) is 11.3 Å². The maximum atomic E-state index is 6.81. The second kappa shape index (κ2) is 11.1. The van der Waals surface area contributed by atoms with Crippen LogP contribution < -0.4 is 0 Å². The van der Waals surface area contributed by atoms with Crippen molar-refractivity contribution in [2.24, 2.45) is 0 Å². The molecule has 0 saturated heterocycles. The van der Waals surface area contributed by atoms with Crippen molar-refractivity contribution >= 4 is 11.0 Å². The average Bonchev–Trinajstić information content (AvgIpc) is 3.85. The molecule has 52 heavy (non-hydrogen) atoms. The summed E-state index contributed by atoms with van der Waals surface area (Å²) in [6.45, 7) is 0. The van der Waals surface area contributed by atoms with Crippen LogP contribution in [0.15, 0.2) is 192 Å². The minimum absolute atomic E-state index is 0.443. The summed E-state index contributed by atoms with van der Waals surface area (Å²) in [6.07, 6.45) is 0. The van der Waals surface area contributed by atoms with E-state index in [1.807, 2.05) is 12.1 Å². The fourth-order valence-corrected chi connectivity index (χ4v) is 8.84. The Morgan fingerprint density at radius 3 is 1.50 bits per heavy atom. The van der Waals surface area contributed by atoms with E-state index in [2.05, 4.69) is 176 Å². The smallest absolute Gasteiger partial charge is 0.140 e. The molecule has 0 atom stereocenters. The summed E-state index contributed by atoms with van der Waals surface area (Å²) in [5.41, 5.74) is 18.2. The predicted octanol–water partition coefficient (Wildman–Crippen LogP) is 12.8. The molecule has 2 aromatic heterocycles. The Hall–Kier alpha value is -6.77. The van der Waals surface area contributed by atoms with Crippen molar-refractivity contribution in [3.8, 4) is 67.2 Å². The molecule has 0 N–H and O–H groups in total. The van der Waals surface area contributed by atoms with Gasteiger partial charge in [-0.1, -0.05) is 164 Å². The van der Waals surface area contributed by atoms with E-state index in [4.69, 9.17) is 9.40 Å². The summed E-state index contributed by atoms with van der Waals surface area (Å²) in [7, 11) is 0. The van der Waals surface area contributed by atoms with Gasteiger partial charge in [0, 0.05) is 27.6 Å². The molecular weight excluding hydrogens is 631 g/mol. The van der Waals surface area contributed by atoms with Gasteiger partial charge in [0.05, 0.1) is 16.8 Å². The third-order valence-corrected chi connectivity index (χ3v) is 11.1. The summed E-state index contributed by atoms with van der Waals surface area (Å²) in [4.78, 5) is 5.08. The Bertz CT molecular complexity index is 2730. The lowest BCUT2D eigenvalue weighted by Gasteiger charge is -2.30. The minimum Gasteiger partial charge on any atom is -0.456 e. The Morgan fingerprint density at radius 1 is 0.365 bits per heavy atom. The van der Waals surface area contributed by atoms with Gasteiger partial charge in [-0.3, -0.25) is 0 Å². The predicted molar refractivity (Wildman–Crippen MR) is 212 cm³/mol. The molecule has 7 aromatic carbocycles. The first-order valence-corrected chi connectivity index (χ1v) is 17.9. The molecule has 0 fully saturated rings. The van der Waals surface area contributed by atoms with E-state index in [1.165, 1.54) is 38.8 Å². The van der Waals surface area contributed by atoms with Crippen LogP contribution in [0, 0.1) is 0 Å². The van der Waals surface area contributed by atoms with Crippen LogP contribution in [0.3, 0.4) is 0 Å². The molecule has 0 aliphatic heterocycles. The van der Waals surface area contributed by atoms with E-state index < -0.39 is 5.41 Å². The van der Waals surface area contributed by atoms with Crippen LogP contribution in [0.1, 0.15) is 22.3 Å². The molecule has 2 heterocycles.